The summed E-state index contributed by atoms with van der Waals surface area (Å²) in [4.78, 5) is 13.8. The van der Waals surface area contributed by atoms with Gasteiger partial charge in [0.1, 0.15) is 5.75 Å². The Hall–Kier alpha value is -4.57. The Kier molecular flexibility index (Phi) is 6.76. The highest BCUT2D eigenvalue weighted by Crippen LogP contribution is 2.39. The Bertz CT molecular complexity index is 1630. The second-order valence-electron chi connectivity index (χ2n) is 9.65. The lowest BCUT2D eigenvalue weighted by Crippen LogP contribution is -2.38. The zero-order valence-electron chi connectivity index (χ0n) is 21.8. The van der Waals surface area contributed by atoms with Crippen LogP contribution in [0.15, 0.2) is 67.1 Å². The largest absolute Gasteiger partial charge is 0.437 e. The van der Waals surface area contributed by atoms with Gasteiger partial charge >= 0.3 is 0 Å². The van der Waals surface area contributed by atoms with E-state index >= 15 is 0 Å². The van der Waals surface area contributed by atoms with Gasteiger partial charge in [-0.05, 0) is 56.1 Å². The van der Waals surface area contributed by atoms with Gasteiger partial charge in [-0.1, -0.05) is 24.3 Å². The highest BCUT2D eigenvalue weighted by atomic mass is 19.1. The van der Waals surface area contributed by atoms with Gasteiger partial charge < -0.3 is 20.7 Å². The number of aromatic nitrogens is 5. The second-order valence-corrected chi connectivity index (χ2v) is 9.65. The summed E-state index contributed by atoms with van der Waals surface area (Å²) < 4.78 is 22.2. The van der Waals surface area contributed by atoms with E-state index in [-0.39, 0.29) is 5.82 Å². The number of fused-ring (bicyclic) bond motifs is 1. The minimum absolute atomic E-state index is 0.164. The van der Waals surface area contributed by atoms with Crippen molar-refractivity contribution in [1.82, 2.24) is 30.0 Å². The molecule has 1 atom stereocenters. The summed E-state index contributed by atoms with van der Waals surface area (Å²) in [6.45, 7) is 3.92. The van der Waals surface area contributed by atoms with E-state index in [1.165, 1.54) is 10.9 Å². The summed E-state index contributed by atoms with van der Waals surface area (Å²) >= 11 is 0. The van der Waals surface area contributed by atoms with E-state index in [9.17, 15) is 4.39 Å². The fourth-order valence-electron chi connectivity index (χ4n) is 4.86. The molecule has 2 aromatic carbocycles. The monoisotopic (exact) mass is 524 g/mol. The molecule has 3 aromatic heterocycles. The molecule has 1 aliphatic heterocycles. The molecule has 1 aliphatic rings. The van der Waals surface area contributed by atoms with Crippen LogP contribution in [0.3, 0.4) is 0 Å². The third-order valence-electron chi connectivity index (χ3n) is 6.78. The van der Waals surface area contributed by atoms with Crippen LogP contribution in [0.25, 0.3) is 22.0 Å². The molecule has 1 fully saturated rings. The number of halogens is 1. The van der Waals surface area contributed by atoms with Crippen molar-refractivity contribution in [3.05, 3.63) is 78.5 Å². The van der Waals surface area contributed by atoms with Crippen molar-refractivity contribution >= 4 is 28.2 Å². The maximum absolute atomic E-state index is 14.3. The molecule has 10 heteroatoms. The van der Waals surface area contributed by atoms with Gasteiger partial charge in [-0.15, -0.1) is 0 Å². The molecule has 1 unspecified atom stereocenters. The number of anilines is 3. The van der Waals surface area contributed by atoms with Gasteiger partial charge in [-0.25, -0.2) is 19.3 Å². The van der Waals surface area contributed by atoms with Gasteiger partial charge in [0.25, 0.3) is 0 Å². The Labute approximate surface area is 225 Å². The van der Waals surface area contributed by atoms with Crippen molar-refractivity contribution < 1.29 is 9.13 Å². The standard InChI is InChI=1S/C29H29FN8O/c1-18-10-11-20-21(7-3-9-24(20)35-27-23(30)17-38(2)37-27)26(18)39-28-22(8-5-14-32-28)25-12-15-33-29(36-25)34-19-6-4-13-31-16-19/h3,5,7-12,14-15,17,19,31H,4,6,13,16H2,1-2H3,(H,35,37)(H,33,34,36). The lowest BCUT2D eigenvalue weighted by Gasteiger charge is -2.23. The zero-order chi connectivity index (χ0) is 26.8. The molecule has 39 heavy (non-hydrogen) atoms. The van der Waals surface area contributed by atoms with Gasteiger partial charge in [-0.3, -0.25) is 4.68 Å². The van der Waals surface area contributed by atoms with Gasteiger partial charge in [0, 0.05) is 48.5 Å². The van der Waals surface area contributed by atoms with Crippen LogP contribution in [-0.4, -0.2) is 43.9 Å². The maximum Gasteiger partial charge on any atom is 0.228 e. The first-order valence-electron chi connectivity index (χ1n) is 13.0. The fourth-order valence-corrected chi connectivity index (χ4v) is 4.86. The first kappa shape index (κ1) is 24.7. The molecule has 9 nitrogen and oxygen atoms in total. The normalized spacial score (nSPS) is 15.3. The van der Waals surface area contributed by atoms with E-state index < -0.39 is 5.82 Å². The fraction of sp³-hybridized carbons (Fsp3) is 0.241. The molecule has 0 bridgehead atoms. The average Bonchev–Trinajstić information content (AvgIpc) is 3.27. The average molecular weight is 525 g/mol. The molecule has 0 amide bonds. The van der Waals surface area contributed by atoms with E-state index in [0.29, 0.717) is 29.3 Å². The van der Waals surface area contributed by atoms with Crippen LogP contribution in [-0.2, 0) is 7.05 Å². The van der Waals surface area contributed by atoms with E-state index in [1.807, 2.05) is 55.5 Å². The number of pyridine rings is 1. The summed E-state index contributed by atoms with van der Waals surface area (Å²) in [5.74, 6) is 1.42. The van der Waals surface area contributed by atoms with Crippen molar-refractivity contribution in [1.29, 1.82) is 0 Å². The number of nitrogens with zero attached hydrogens (tertiary/aromatic N) is 5. The van der Waals surface area contributed by atoms with Crippen LogP contribution in [0, 0.1) is 12.7 Å². The van der Waals surface area contributed by atoms with Gasteiger partial charge in [0.05, 0.1) is 17.5 Å². The predicted octanol–water partition coefficient (Wildman–Crippen LogP) is 5.57. The van der Waals surface area contributed by atoms with Crippen LogP contribution in [0.5, 0.6) is 11.6 Å². The van der Waals surface area contributed by atoms with Crippen molar-refractivity contribution in [3.63, 3.8) is 0 Å². The predicted molar refractivity (Wildman–Crippen MR) is 150 cm³/mol. The summed E-state index contributed by atoms with van der Waals surface area (Å²) in [6, 6.07) is 15.7. The van der Waals surface area contributed by atoms with Crippen LogP contribution in [0.2, 0.25) is 0 Å². The highest BCUT2D eigenvalue weighted by Gasteiger charge is 2.18. The highest BCUT2D eigenvalue weighted by molar-refractivity contribution is 5.99. The molecule has 0 radical (unpaired) electrons. The van der Waals surface area contributed by atoms with Crippen LogP contribution >= 0.6 is 0 Å². The number of nitrogens with one attached hydrogen (secondary N) is 3. The number of aryl methyl sites for hydroxylation is 2. The van der Waals surface area contributed by atoms with Gasteiger partial charge in [-0.2, -0.15) is 5.10 Å². The quantitative estimate of drug-likeness (QED) is 0.254. The molecule has 6 rings (SSSR count). The molecular formula is C29H29FN8O. The van der Waals surface area contributed by atoms with Crippen molar-refractivity contribution in [2.45, 2.75) is 25.8 Å². The van der Waals surface area contributed by atoms with Gasteiger partial charge in [0.15, 0.2) is 11.6 Å². The van der Waals surface area contributed by atoms with Crippen LogP contribution in [0.1, 0.15) is 18.4 Å². The van der Waals surface area contributed by atoms with E-state index in [0.717, 1.165) is 53.5 Å². The molecule has 4 heterocycles. The Morgan fingerprint density at radius 3 is 2.79 bits per heavy atom. The minimum Gasteiger partial charge on any atom is -0.437 e. The third-order valence-corrected chi connectivity index (χ3v) is 6.78. The summed E-state index contributed by atoms with van der Waals surface area (Å²) in [5.41, 5.74) is 3.13. The number of benzene rings is 2. The SMILES string of the molecule is Cc1ccc2c(Nc3nn(C)cc3F)cccc2c1Oc1ncccc1-c1ccnc(NC2CCCNC2)n1. The summed E-state index contributed by atoms with van der Waals surface area (Å²) in [7, 11) is 1.68. The lowest BCUT2D eigenvalue weighted by atomic mass is 10.0. The van der Waals surface area contributed by atoms with E-state index in [1.54, 1.807) is 19.4 Å². The molecule has 0 saturated carbocycles. The third kappa shape index (κ3) is 5.23. The zero-order valence-corrected chi connectivity index (χ0v) is 21.8. The van der Waals surface area contributed by atoms with E-state index in [4.69, 9.17) is 9.72 Å². The Morgan fingerprint density at radius 1 is 1.05 bits per heavy atom. The number of ether oxygens (including phenoxy) is 1. The summed E-state index contributed by atoms with van der Waals surface area (Å²) in [6.07, 6.45) is 6.97. The molecule has 5 aromatic rings. The Morgan fingerprint density at radius 2 is 1.97 bits per heavy atom. The Balaban J connectivity index is 1.34. The van der Waals surface area contributed by atoms with Crippen molar-refractivity contribution in [2.75, 3.05) is 23.7 Å². The number of hydrogen-bond acceptors (Lipinski definition) is 8. The maximum atomic E-state index is 14.3. The number of hydrogen-bond donors (Lipinski definition) is 3. The minimum atomic E-state index is -0.422. The second kappa shape index (κ2) is 10.7. The molecule has 3 N–H and O–H groups in total. The van der Waals surface area contributed by atoms with Crippen molar-refractivity contribution in [3.8, 4) is 22.9 Å². The smallest absolute Gasteiger partial charge is 0.228 e. The summed E-state index contributed by atoms with van der Waals surface area (Å²) in [5, 5.41) is 15.9. The first-order valence-corrected chi connectivity index (χ1v) is 13.0. The number of piperidine rings is 1. The van der Waals surface area contributed by atoms with E-state index in [2.05, 4.69) is 31.0 Å². The molecule has 198 valence electrons. The number of rotatable bonds is 7. The van der Waals surface area contributed by atoms with Crippen LogP contribution < -0.4 is 20.7 Å². The lowest BCUT2D eigenvalue weighted by molar-refractivity contribution is 0.466. The topological polar surface area (TPSA) is 102 Å². The van der Waals surface area contributed by atoms with Crippen LogP contribution in [0.4, 0.5) is 21.8 Å². The van der Waals surface area contributed by atoms with Crippen molar-refractivity contribution in [2.24, 2.45) is 7.05 Å². The first-order chi connectivity index (χ1) is 19.0. The molecule has 0 aliphatic carbocycles. The van der Waals surface area contributed by atoms with Gasteiger partial charge in [0.2, 0.25) is 11.8 Å². The molecular weight excluding hydrogens is 495 g/mol. The molecule has 0 spiro atoms. The molecule has 1 saturated heterocycles.